The number of hydrogen-bond acceptors (Lipinski definition) is 4. The SMILES string of the molecule is Cc1ccc(C(=O)Nc2ccc3nc(-c4ccc5ccccc5c4)nc(Nc4ccc(F)c(Cl)c4)c3c2)cc1. The van der Waals surface area contributed by atoms with Crippen molar-refractivity contribution in [1.29, 1.82) is 0 Å². The largest absolute Gasteiger partial charge is 0.340 e. The van der Waals surface area contributed by atoms with Gasteiger partial charge < -0.3 is 10.6 Å². The van der Waals surface area contributed by atoms with Crippen LogP contribution in [0, 0.1) is 12.7 Å². The summed E-state index contributed by atoms with van der Waals surface area (Å²) in [6, 6.07) is 31.4. The number of nitrogens with zero attached hydrogens (tertiary/aromatic N) is 2. The minimum absolute atomic E-state index is 0.000774. The van der Waals surface area contributed by atoms with Gasteiger partial charge >= 0.3 is 0 Å². The fourth-order valence-corrected chi connectivity index (χ4v) is 4.56. The van der Waals surface area contributed by atoms with E-state index in [1.54, 1.807) is 18.2 Å². The monoisotopic (exact) mass is 532 g/mol. The van der Waals surface area contributed by atoms with E-state index in [0.29, 0.717) is 39.5 Å². The molecule has 0 aliphatic rings. The van der Waals surface area contributed by atoms with Crippen LogP contribution >= 0.6 is 11.6 Å². The van der Waals surface area contributed by atoms with Crippen LogP contribution in [-0.4, -0.2) is 15.9 Å². The Kier molecular flexibility index (Phi) is 6.39. The molecule has 190 valence electrons. The first kappa shape index (κ1) is 24.5. The van der Waals surface area contributed by atoms with Crippen molar-refractivity contribution in [2.24, 2.45) is 0 Å². The lowest BCUT2D eigenvalue weighted by atomic mass is 10.1. The number of benzene rings is 5. The number of rotatable bonds is 5. The summed E-state index contributed by atoms with van der Waals surface area (Å²) in [4.78, 5) is 22.5. The topological polar surface area (TPSA) is 66.9 Å². The maximum Gasteiger partial charge on any atom is 0.255 e. The van der Waals surface area contributed by atoms with E-state index in [1.807, 2.05) is 73.7 Å². The molecule has 1 amide bonds. The van der Waals surface area contributed by atoms with Crippen LogP contribution in [-0.2, 0) is 0 Å². The zero-order chi connectivity index (χ0) is 26.9. The molecule has 7 heteroatoms. The second-order valence-electron chi connectivity index (χ2n) is 9.26. The molecule has 39 heavy (non-hydrogen) atoms. The second kappa shape index (κ2) is 10.2. The number of carbonyl (C=O) groups is 1. The van der Waals surface area contributed by atoms with Gasteiger partial charge in [-0.3, -0.25) is 4.79 Å². The van der Waals surface area contributed by atoms with Crippen molar-refractivity contribution in [3.63, 3.8) is 0 Å². The molecule has 0 unspecified atom stereocenters. The lowest BCUT2D eigenvalue weighted by Gasteiger charge is -2.13. The van der Waals surface area contributed by atoms with Gasteiger partial charge in [-0.1, -0.05) is 65.7 Å². The molecule has 0 aliphatic heterocycles. The quantitative estimate of drug-likeness (QED) is 0.233. The van der Waals surface area contributed by atoms with Gasteiger partial charge in [0.15, 0.2) is 5.82 Å². The Labute approximate surface area is 229 Å². The second-order valence-corrected chi connectivity index (χ2v) is 9.67. The molecule has 0 fully saturated rings. The van der Waals surface area contributed by atoms with Gasteiger partial charge in [0.1, 0.15) is 11.6 Å². The normalized spacial score (nSPS) is 11.1. The first-order valence-corrected chi connectivity index (χ1v) is 12.7. The van der Waals surface area contributed by atoms with Gasteiger partial charge in [-0.25, -0.2) is 14.4 Å². The number of carbonyl (C=O) groups excluding carboxylic acids is 1. The molecule has 2 N–H and O–H groups in total. The number of fused-ring (bicyclic) bond motifs is 2. The molecule has 6 rings (SSSR count). The first-order chi connectivity index (χ1) is 18.9. The summed E-state index contributed by atoms with van der Waals surface area (Å²) in [6.07, 6.45) is 0. The van der Waals surface area contributed by atoms with E-state index < -0.39 is 5.82 Å². The predicted octanol–water partition coefficient (Wildman–Crippen LogP) is 8.55. The Bertz CT molecular complexity index is 1870. The minimum Gasteiger partial charge on any atom is -0.340 e. The third-order valence-electron chi connectivity index (χ3n) is 6.46. The number of nitrogens with one attached hydrogen (secondary N) is 2. The van der Waals surface area contributed by atoms with Crippen molar-refractivity contribution in [3.8, 4) is 11.4 Å². The van der Waals surface area contributed by atoms with Gasteiger partial charge in [0, 0.05) is 27.9 Å². The zero-order valence-electron chi connectivity index (χ0n) is 20.9. The summed E-state index contributed by atoms with van der Waals surface area (Å²) < 4.78 is 13.8. The highest BCUT2D eigenvalue weighted by Crippen LogP contribution is 2.32. The number of hydrogen-bond donors (Lipinski definition) is 2. The number of aromatic nitrogens is 2. The van der Waals surface area contributed by atoms with Crippen LogP contribution in [0.1, 0.15) is 15.9 Å². The molecule has 5 aromatic carbocycles. The van der Waals surface area contributed by atoms with Gasteiger partial charge in [0.2, 0.25) is 0 Å². The highest BCUT2D eigenvalue weighted by Gasteiger charge is 2.14. The van der Waals surface area contributed by atoms with Crippen LogP contribution in [0.25, 0.3) is 33.1 Å². The average molecular weight is 533 g/mol. The molecule has 0 saturated heterocycles. The highest BCUT2D eigenvalue weighted by molar-refractivity contribution is 6.31. The lowest BCUT2D eigenvalue weighted by Crippen LogP contribution is -2.11. The molecule has 6 aromatic rings. The minimum atomic E-state index is -0.507. The zero-order valence-corrected chi connectivity index (χ0v) is 21.6. The van der Waals surface area contributed by atoms with E-state index in [1.165, 1.54) is 12.1 Å². The third-order valence-corrected chi connectivity index (χ3v) is 6.75. The highest BCUT2D eigenvalue weighted by atomic mass is 35.5. The van der Waals surface area contributed by atoms with Gasteiger partial charge in [-0.2, -0.15) is 0 Å². The summed E-state index contributed by atoms with van der Waals surface area (Å²) >= 11 is 6.04. The number of amides is 1. The molecular formula is C32H22ClFN4O. The van der Waals surface area contributed by atoms with Crippen LogP contribution in [0.3, 0.4) is 0 Å². The van der Waals surface area contributed by atoms with Crippen LogP contribution < -0.4 is 10.6 Å². The number of aryl methyl sites for hydroxylation is 1. The third kappa shape index (κ3) is 5.15. The maximum absolute atomic E-state index is 13.8. The molecule has 0 atom stereocenters. The smallest absolute Gasteiger partial charge is 0.255 e. The first-order valence-electron chi connectivity index (χ1n) is 12.3. The molecule has 0 bridgehead atoms. The van der Waals surface area contributed by atoms with E-state index in [0.717, 1.165) is 21.9 Å². The van der Waals surface area contributed by atoms with Crippen molar-refractivity contribution < 1.29 is 9.18 Å². The summed E-state index contributed by atoms with van der Waals surface area (Å²) in [5.74, 6) is 0.299. The van der Waals surface area contributed by atoms with Crippen molar-refractivity contribution in [3.05, 3.63) is 125 Å². The Morgan fingerprint density at radius 3 is 2.36 bits per heavy atom. The van der Waals surface area contributed by atoms with Crippen LogP contribution in [0.5, 0.6) is 0 Å². The van der Waals surface area contributed by atoms with Crippen LogP contribution in [0.15, 0.2) is 103 Å². The Morgan fingerprint density at radius 1 is 0.795 bits per heavy atom. The lowest BCUT2D eigenvalue weighted by molar-refractivity contribution is 0.102. The van der Waals surface area contributed by atoms with Crippen molar-refractivity contribution in [2.75, 3.05) is 10.6 Å². The fraction of sp³-hybridized carbons (Fsp3) is 0.0312. The van der Waals surface area contributed by atoms with E-state index >= 15 is 0 Å². The molecule has 0 radical (unpaired) electrons. The summed E-state index contributed by atoms with van der Waals surface area (Å²) in [5.41, 5.74) is 4.33. The standard InChI is InChI=1S/C32H22ClFN4O/c1-19-6-8-21(9-7-19)32(39)36-24-13-15-29-26(17-24)31(35-25-12-14-28(34)27(33)18-25)38-30(37-29)23-11-10-20-4-2-3-5-22(20)16-23/h2-18H,1H3,(H,36,39)(H,35,37,38). The van der Waals surface area contributed by atoms with Crippen LogP contribution in [0.2, 0.25) is 5.02 Å². The van der Waals surface area contributed by atoms with Crippen molar-refractivity contribution in [1.82, 2.24) is 9.97 Å². The maximum atomic E-state index is 13.8. The van der Waals surface area contributed by atoms with Gasteiger partial charge in [0.05, 0.1) is 10.5 Å². The average Bonchev–Trinajstić information content (AvgIpc) is 2.95. The van der Waals surface area contributed by atoms with E-state index in [-0.39, 0.29) is 10.9 Å². The summed E-state index contributed by atoms with van der Waals surface area (Å²) in [5, 5.41) is 9.10. The molecular weight excluding hydrogens is 511 g/mol. The molecule has 0 aliphatic carbocycles. The predicted molar refractivity (Wildman–Crippen MR) is 156 cm³/mol. The van der Waals surface area contributed by atoms with Gasteiger partial charge in [-0.15, -0.1) is 0 Å². The molecule has 0 saturated carbocycles. The Hall–Kier alpha value is -4.81. The van der Waals surface area contributed by atoms with Crippen molar-refractivity contribution >= 4 is 56.4 Å². The fourth-order valence-electron chi connectivity index (χ4n) is 4.38. The summed E-state index contributed by atoms with van der Waals surface area (Å²) in [6.45, 7) is 1.97. The Morgan fingerprint density at radius 2 is 1.56 bits per heavy atom. The van der Waals surface area contributed by atoms with E-state index in [2.05, 4.69) is 16.7 Å². The summed E-state index contributed by atoms with van der Waals surface area (Å²) in [7, 11) is 0. The van der Waals surface area contributed by atoms with Crippen molar-refractivity contribution in [2.45, 2.75) is 6.92 Å². The Balaban J connectivity index is 1.43. The molecule has 1 heterocycles. The molecule has 1 aromatic heterocycles. The van der Waals surface area contributed by atoms with Gasteiger partial charge in [0.25, 0.3) is 5.91 Å². The number of anilines is 3. The number of halogens is 2. The van der Waals surface area contributed by atoms with Crippen LogP contribution in [0.4, 0.5) is 21.6 Å². The molecule has 5 nitrogen and oxygen atoms in total. The van der Waals surface area contributed by atoms with Gasteiger partial charge in [-0.05, 0) is 72.3 Å². The van der Waals surface area contributed by atoms with E-state index in [4.69, 9.17) is 21.6 Å². The molecule has 0 spiro atoms. The van der Waals surface area contributed by atoms with E-state index in [9.17, 15) is 9.18 Å².